The molecule has 4 heteroatoms. The standard InChI is InChI=1S/C19H37N3O/c20-12-7-2-1-6-11-19(23)22-14-8-13-21(15-16-22)17-18-9-4-3-5-10-18/h18H,1-17,20H2. The maximum absolute atomic E-state index is 12.4. The largest absolute Gasteiger partial charge is 0.341 e. The van der Waals surface area contributed by atoms with Crippen LogP contribution in [0.4, 0.5) is 0 Å². The maximum Gasteiger partial charge on any atom is 0.222 e. The first-order chi connectivity index (χ1) is 11.3. The Labute approximate surface area is 142 Å². The van der Waals surface area contributed by atoms with E-state index >= 15 is 0 Å². The summed E-state index contributed by atoms with van der Waals surface area (Å²) in [5.74, 6) is 1.28. The van der Waals surface area contributed by atoms with Crippen molar-refractivity contribution in [2.45, 2.75) is 70.6 Å². The molecule has 2 fully saturated rings. The first-order valence-corrected chi connectivity index (χ1v) is 10.00. The lowest BCUT2D eigenvalue weighted by Crippen LogP contribution is -2.36. The number of amides is 1. The molecular formula is C19H37N3O. The molecule has 0 atom stereocenters. The third-order valence-electron chi connectivity index (χ3n) is 5.53. The highest BCUT2D eigenvalue weighted by Gasteiger charge is 2.21. The van der Waals surface area contributed by atoms with Crippen LogP contribution in [-0.2, 0) is 4.79 Å². The Kier molecular flexibility index (Phi) is 8.98. The zero-order valence-electron chi connectivity index (χ0n) is 15.0. The summed E-state index contributed by atoms with van der Waals surface area (Å²) in [6.45, 7) is 6.20. The number of nitrogens with zero attached hydrogens (tertiary/aromatic N) is 2. The Morgan fingerprint density at radius 2 is 1.65 bits per heavy atom. The van der Waals surface area contributed by atoms with Gasteiger partial charge in [0.1, 0.15) is 0 Å². The Hall–Kier alpha value is -0.610. The average molecular weight is 324 g/mol. The van der Waals surface area contributed by atoms with Gasteiger partial charge in [-0.15, -0.1) is 0 Å². The van der Waals surface area contributed by atoms with Crippen molar-refractivity contribution in [2.24, 2.45) is 11.7 Å². The molecule has 4 nitrogen and oxygen atoms in total. The van der Waals surface area contributed by atoms with Gasteiger partial charge < -0.3 is 15.5 Å². The van der Waals surface area contributed by atoms with E-state index in [0.29, 0.717) is 5.91 Å². The normalized spacial score (nSPS) is 21.3. The Morgan fingerprint density at radius 1 is 0.870 bits per heavy atom. The molecule has 0 unspecified atom stereocenters. The molecule has 23 heavy (non-hydrogen) atoms. The van der Waals surface area contributed by atoms with Gasteiger partial charge >= 0.3 is 0 Å². The van der Waals surface area contributed by atoms with Crippen LogP contribution in [0.15, 0.2) is 0 Å². The van der Waals surface area contributed by atoms with Crippen molar-refractivity contribution in [1.82, 2.24) is 9.80 Å². The minimum atomic E-state index is 0.372. The molecule has 1 heterocycles. The van der Waals surface area contributed by atoms with Crippen molar-refractivity contribution >= 4 is 5.91 Å². The van der Waals surface area contributed by atoms with Crippen molar-refractivity contribution in [3.05, 3.63) is 0 Å². The summed E-state index contributed by atoms with van der Waals surface area (Å²) in [6, 6.07) is 0. The van der Waals surface area contributed by atoms with E-state index in [-0.39, 0.29) is 0 Å². The zero-order chi connectivity index (χ0) is 16.3. The van der Waals surface area contributed by atoms with Gasteiger partial charge in [0.25, 0.3) is 0 Å². The minimum Gasteiger partial charge on any atom is -0.341 e. The molecule has 2 rings (SSSR count). The lowest BCUT2D eigenvalue weighted by molar-refractivity contribution is -0.131. The second-order valence-electron chi connectivity index (χ2n) is 7.49. The molecular weight excluding hydrogens is 286 g/mol. The fraction of sp³-hybridized carbons (Fsp3) is 0.947. The molecule has 0 spiro atoms. The van der Waals surface area contributed by atoms with E-state index in [9.17, 15) is 4.79 Å². The van der Waals surface area contributed by atoms with Gasteiger partial charge in [-0.1, -0.05) is 32.1 Å². The van der Waals surface area contributed by atoms with E-state index in [0.717, 1.165) is 64.2 Å². The lowest BCUT2D eigenvalue weighted by Gasteiger charge is -2.28. The van der Waals surface area contributed by atoms with Crippen molar-refractivity contribution in [1.29, 1.82) is 0 Å². The van der Waals surface area contributed by atoms with Crippen molar-refractivity contribution < 1.29 is 4.79 Å². The van der Waals surface area contributed by atoms with E-state index in [2.05, 4.69) is 9.80 Å². The van der Waals surface area contributed by atoms with E-state index in [1.165, 1.54) is 51.6 Å². The minimum absolute atomic E-state index is 0.372. The highest BCUT2D eigenvalue weighted by molar-refractivity contribution is 5.76. The van der Waals surface area contributed by atoms with Crippen molar-refractivity contribution in [3.63, 3.8) is 0 Å². The van der Waals surface area contributed by atoms with Gasteiger partial charge in [0.05, 0.1) is 0 Å². The topological polar surface area (TPSA) is 49.6 Å². The van der Waals surface area contributed by atoms with Crippen LogP contribution in [0.25, 0.3) is 0 Å². The first-order valence-electron chi connectivity index (χ1n) is 10.00. The fourth-order valence-corrected chi connectivity index (χ4v) is 4.07. The Morgan fingerprint density at radius 3 is 2.43 bits per heavy atom. The number of unbranched alkanes of at least 4 members (excludes halogenated alkanes) is 3. The van der Waals surface area contributed by atoms with Crippen LogP contribution in [0.3, 0.4) is 0 Å². The molecule has 1 aliphatic carbocycles. The highest BCUT2D eigenvalue weighted by atomic mass is 16.2. The van der Waals surface area contributed by atoms with Gasteiger partial charge in [-0.3, -0.25) is 4.79 Å². The van der Waals surface area contributed by atoms with Crippen LogP contribution < -0.4 is 5.73 Å². The third kappa shape index (κ3) is 7.21. The lowest BCUT2D eigenvalue weighted by atomic mass is 9.89. The van der Waals surface area contributed by atoms with Crippen molar-refractivity contribution in [2.75, 3.05) is 39.3 Å². The molecule has 1 saturated carbocycles. The summed E-state index contributed by atoms with van der Waals surface area (Å²) in [5.41, 5.74) is 5.50. The van der Waals surface area contributed by atoms with Crippen LogP contribution in [0.1, 0.15) is 70.6 Å². The summed E-state index contributed by atoms with van der Waals surface area (Å²) < 4.78 is 0. The number of hydrogen-bond donors (Lipinski definition) is 1. The molecule has 0 aromatic rings. The van der Waals surface area contributed by atoms with Crippen LogP contribution in [0, 0.1) is 5.92 Å². The molecule has 1 aliphatic heterocycles. The van der Waals surface area contributed by atoms with Gasteiger partial charge in [0, 0.05) is 32.6 Å². The Bertz CT molecular complexity index is 329. The molecule has 0 aromatic heterocycles. The quantitative estimate of drug-likeness (QED) is 0.699. The summed E-state index contributed by atoms with van der Waals surface area (Å²) in [6.07, 6.45) is 13.4. The van der Waals surface area contributed by atoms with Gasteiger partial charge in [-0.25, -0.2) is 0 Å². The Balaban J connectivity index is 1.63. The number of carbonyl (C=O) groups is 1. The van der Waals surface area contributed by atoms with Gasteiger partial charge in [0.2, 0.25) is 5.91 Å². The van der Waals surface area contributed by atoms with Crippen LogP contribution in [0.2, 0.25) is 0 Å². The third-order valence-corrected chi connectivity index (χ3v) is 5.53. The van der Waals surface area contributed by atoms with Crippen LogP contribution in [-0.4, -0.2) is 55.0 Å². The van der Waals surface area contributed by atoms with Crippen molar-refractivity contribution in [3.8, 4) is 0 Å². The first kappa shape index (κ1) is 18.7. The smallest absolute Gasteiger partial charge is 0.222 e. The number of nitrogens with two attached hydrogens (primary N) is 1. The second kappa shape index (κ2) is 11.0. The van der Waals surface area contributed by atoms with Gasteiger partial charge in [0.15, 0.2) is 0 Å². The van der Waals surface area contributed by atoms with E-state index in [1.54, 1.807) is 0 Å². The fourth-order valence-electron chi connectivity index (χ4n) is 4.07. The SMILES string of the molecule is NCCCCCCC(=O)N1CCCN(CC2CCCCC2)CC1. The van der Waals surface area contributed by atoms with Crippen LogP contribution >= 0.6 is 0 Å². The molecule has 2 N–H and O–H groups in total. The molecule has 1 amide bonds. The molecule has 2 aliphatic rings. The average Bonchev–Trinajstić information content (AvgIpc) is 2.81. The molecule has 0 aromatic carbocycles. The number of carbonyl (C=O) groups excluding carboxylic acids is 1. The molecule has 1 saturated heterocycles. The summed E-state index contributed by atoms with van der Waals surface area (Å²) in [4.78, 5) is 17.1. The van der Waals surface area contributed by atoms with Gasteiger partial charge in [-0.2, -0.15) is 0 Å². The maximum atomic E-state index is 12.4. The summed E-state index contributed by atoms with van der Waals surface area (Å²) >= 11 is 0. The van der Waals surface area contributed by atoms with Crippen LogP contribution in [0.5, 0.6) is 0 Å². The highest BCUT2D eigenvalue weighted by Crippen LogP contribution is 2.24. The number of rotatable bonds is 8. The molecule has 134 valence electrons. The van der Waals surface area contributed by atoms with Gasteiger partial charge in [-0.05, 0) is 51.1 Å². The van der Waals surface area contributed by atoms with E-state index in [1.807, 2.05) is 0 Å². The van der Waals surface area contributed by atoms with E-state index in [4.69, 9.17) is 5.73 Å². The molecule has 0 bridgehead atoms. The van der Waals surface area contributed by atoms with E-state index < -0.39 is 0 Å². The summed E-state index contributed by atoms with van der Waals surface area (Å²) in [7, 11) is 0. The zero-order valence-corrected chi connectivity index (χ0v) is 15.0. The monoisotopic (exact) mass is 323 g/mol. The predicted molar refractivity (Wildman–Crippen MR) is 96.4 cm³/mol. The predicted octanol–water partition coefficient (Wildman–Crippen LogP) is 3.01. The summed E-state index contributed by atoms with van der Waals surface area (Å²) in [5, 5.41) is 0. The number of hydrogen-bond acceptors (Lipinski definition) is 3. The second-order valence-corrected chi connectivity index (χ2v) is 7.49. The molecule has 0 radical (unpaired) electrons.